The van der Waals surface area contributed by atoms with Gasteiger partial charge in [0.15, 0.2) is 11.0 Å². The van der Waals surface area contributed by atoms with Gasteiger partial charge in [0.2, 0.25) is 5.91 Å². The smallest absolute Gasteiger partial charge is 0.339 e. The van der Waals surface area contributed by atoms with Gasteiger partial charge in [0.1, 0.15) is 5.82 Å². The molecule has 172 valence electrons. The lowest BCUT2D eigenvalue weighted by Crippen LogP contribution is -2.18. The molecule has 0 fully saturated rings. The van der Waals surface area contributed by atoms with Crippen molar-refractivity contribution in [1.29, 1.82) is 0 Å². The molecule has 1 N–H and O–H groups in total. The molecule has 11 heteroatoms. The van der Waals surface area contributed by atoms with Crippen molar-refractivity contribution in [2.24, 2.45) is 0 Å². The Morgan fingerprint density at radius 2 is 1.73 bits per heavy atom. The summed E-state index contributed by atoms with van der Waals surface area (Å²) in [7, 11) is 2.45. The highest BCUT2D eigenvalue weighted by Gasteiger charge is 2.19. The first-order valence-electron chi connectivity index (χ1n) is 9.80. The van der Waals surface area contributed by atoms with E-state index in [1.807, 2.05) is 11.5 Å². The molecular weight excluding hydrogens is 451 g/mol. The summed E-state index contributed by atoms with van der Waals surface area (Å²) in [5.41, 5.74) is 1.09. The van der Waals surface area contributed by atoms with Crippen LogP contribution in [0.25, 0.3) is 11.4 Å². The summed E-state index contributed by atoms with van der Waals surface area (Å²) in [6.45, 7) is 2.44. The molecule has 0 bridgehead atoms. The standard InChI is InChI=1S/C22H21FN4O5S/c1-4-27-19(13-5-8-15(23)9-6-13)25-26-22(27)33-12-18(28)24-17-11-14(20(29)31-2)7-10-16(17)21(30)32-3/h5-11H,4,12H2,1-3H3,(H,24,28). The quantitative estimate of drug-likeness (QED) is 0.392. The van der Waals surface area contributed by atoms with Crippen LogP contribution in [0.1, 0.15) is 27.6 Å². The number of thioether (sulfide) groups is 1. The number of nitrogens with one attached hydrogen (secondary N) is 1. The molecule has 0 spiro atoms. The fourth-order valence-electron chi connectivity index (χ4n) is 2.99. The van der Waals surface area contributed by atoms with Gasteiger partial charge in [-0.3, -0.25) is 4.79 Å². The molecule has 2 aromatic carbocycles. The molecule has 0 aliphatic heterocycles. The lowest BCUT2D eigenvalue weighted by atomic mass is 10.1. The van der Waals surface area contributed by atoms with Crippen molar-refractivity contribution in [2.45, 2.75) is 18.6 Å². The zero-order valence-electron chi connectivity index (χ0n) is 18.1. The van der Waals surface area contributed by atoms with Crippen LogP contribution in [-0.4, -0.2) is 52.6 Å². The third-order valence-corrected chi connectivity index (χ3v) is 5.55. The molecule has 3 rings (SSSR count). The second-order valence-electron chi connectivity index (χ2n) is 6.64. The van der Waals surface area contributed by atoms with Crippen LogP contribution in [0, 0.1) is 5.82 Å². The van der Waals surface area contributed by atoms with E-state index in [9.17, 15) is 18.8 Å². The Balaban J connectivity index is 1.76. The molecule has 1 aromatic heterocycles. The molecule has 1 heterocycles. The summed E-state index contributed by atoms with van der Waals surface area (Å²) in [5.74, 6) is -1.54. The van der Waals surface area contributed by atoms with Gasteiger partial charge >= 0.3 is 11.9 Å². The summed E-state index contributed by atoms with van der Waals surface area (Å²) in [4.78, 5) is 36.5. The van der Waals surface area contributed by atoms with Gasteiger partial charge in [-0.15, -0.1) is 10.2 Å². The van der Waals surface area contributed by atoms with Gasteiger partial charge in [-0.2, -0.15) is 0 Å². The van der Waals surface area contributed by atoms with Crippen LogP contribution in [0.3, 0.4) is 0 Å². The van der Waals surface area contributed by atoms with Crippen molar-refractivity contribution in [3.8, 4) is 11.4 Å². The van der Waals surface area contributed by atoms with Crippen molar-refractivity contribution < 1.29 is 28.2 Å². The molecule has 9 nitrogen and oxygen atoms in total. The van der Waals surface area contributed by atoms with Gasteiger partial charge in [-0.25, -0.2) is 14.0 Å². The van der Waals surface area contributed by atoms with E-state index in [0.29, 0.717) is 23.1 Å². The molecule has 0 aliphatic rings. The van der Waals surface area contributed by atoms with Gasteiger partial charge < -0.3 is 19.4 Å². The van der Waals surface area contributed by atoms with Gasteiger partial charge in [0, 0.05) is 12.1 Å². The van der Waals surface area contributed by atoms with E-state index in [2.05, 4.69) is 20.3 Å². The van der Waals surface area contributed by atoms with E-state index in [0.717, 1.165) is 11.8 Å². The highest BCUT2D eigenvalue weighted by Crippen LogP contribution is 2.25. The number of halogens is 1. The van der Waals surface area contributed by atoms with Crippen molar-refractivity contribution >= 4 is 35.3 Å². The molecule has 3 aromatic rings. The maximum absolute atomic E-state index is 13.2. The van der Waals surface area contributed by atoms with Gasteiger partial charge in [0.05, 0.1) is 36.8 Å². The zero-order chi connectivity index (χ0) is 24.0. The van der Waals surface area contributed by atoms with Crippen molar-refractivity contribution in [3.05, 3.63) is 59.4 Å². The van der Waals surface area contributed by atoms with E-state index in [1.165, 1.54) is 44.6 Å². The van der Waals surface area contributed by atoms with Gasteiger partial charge in [0.25, 0.3) is 0 Å². The highest BCUT2D eigenvalue weighted by atomic mass is 32.2. The topological polar surface area (TPSA) is 112 Å². The number of ether oxygens (including phenoxy) is 2. The fraction of sp³-hybridized carbons (Fsp3) is 0.227. The number of amides is 1. The lowest BCUT2D eigenvalue weighted by Gasteiger charge is -2.11. The first kappa shape index (κ1) is 23.9. The molecule has 0 radical (unpaired) electrons. The minimum atomic E-state index is -0.663. The number of aromatic nitrogens is 3. The molecule has 0 atom stereocenters. The number of hydrogen-bond acceptors (Lipinski definition) is 8. The number of methoxy groups -OCH3 is 2. The molecule has 1 amide bonds. The summed E-state index contributed by atoms with van der Waals surface area (Å²) in [5, 5.41) is 11.4. The number of carbonyl (C=O) groups excluding carboxylic acids is 3. The number of hydrogen-bond donors (Lipinski definition) is 1. The summed E-state index contributed by atoms with van der Waals surface area (Å²) in [6, 6.07) is 10.0. The molecule has 0 saturated heterocycles. The van der Waals surface area contributed by atoms with Crippen LogP contribution in [0.15, 0.2) is 47.6 Å². The number of rotatable bonds is 8. The third kappa shape index (κ3) is 5.55. The van der Waals surface area contributed by atoms with Crippen LogP contribution in [0.2, 0.25) is 0 Å². The largest absolute Gasteiger partial charge is 0.465 e. The zero-order valence-corrected chi connectivity index (χ0v) is 18.9. The van der Waals surface area contributed by atoms with E-state index < -0.39 is 17.8 Å². The predicted octanol–water partition coefficient (Wildman–Crippen LogP) is 3.41. The number of esters is 2. The summed E-state index contributed by atoms with van der Waals surface area (Å²) >= 11 is 1.15. The number of carbonyl (C=O) groups is 3. The SMILES string of the molecule is CCn1c(SCC(=O)Nc2cc(C(=O)OC)ccc2C(=O)OC)nnc1-c1ccc(F)cc1. The average Bonchev–Trinajstić information content (AvgIpc) is 3.25. The Labute approximate surface area is 193 Å². The average molecular weight is 472 g/mol. The third-order valence-electron chi connectivity index (χ3n) is 4.59. The van der Waals surface area contributed by atoms with Gasteiger partial charge in [-0.05, 0) is 49.4 Å². The van der Waals surface area contributed by atoms with E-state index >= 15 is 0 Å². The Bertz CT molecular complexity index is 1180. The van der Waals surface area contributed by atoms with E-state index in [4.69, 9.17) is 4.74 Å². The first-order chi connectivity index (χ1) is 15.9. The van der Waals surface area contributed by atoms with Gasteiger partial charge in [-0.1, -0.05) is 11.8 Å². The first-order valence-corrected chi connectivity index (χ1v) is 10.8. The molecule has 0 aliphatic carbocycles. The highest BCUT2D eigenvalue weighted by molar-refractivity contribution is 7.99. The van der Waals surface area contributed by atoms with Crippen LogP contribution < -0.4 is 5.32 Å². The maximum Gasteiger partial charge on any atom is 0.339 e. The number of anilines is 1. The maximum atomic E-state index is 13.2. The number of nitrogens with zero attached hydrogens (tertiary/aromatic N) is 3. The van der Waals surface area contributed by atoms with Crippen molar-refractivity contribution in [1.82, 2.24) is 14.8 Å². The predicted molar refractivity (Wildman–Crippen MR) is 120 cm³/mol. The fourth-order valence-corrected chi connectivity index (χ4v) is 3.79. The molecule has 33 heavy (non-hydrogen) atoms. The number of benzene rings is 2. The second kappa shape index (κ2) is 10.7. The van der Waals surface area contributed by atoms with E-state index in [-0.39, 0.29) is 28.4 Å². The Morgan fingerprint density at radius 1 is 1.03 bits per heavy atom. The molecule has 0 unspecified atom stereocenters. The minimum Gasteiger partial charge on any atom is -0.465 e. The second-order valence-corrected chi connectivity index (χ2v) is 7.58. The Kier molecular flexibility index (Phi) is 7.78. The normalized spacial score (nSPS) is 10.5. The lowest BCUT2D eigenvalue weighted by molar-refractivity contribution is -0.113. The monoisotopic (exact) mass is 472 g/mol. The molecular formula is C22H21FN4O5S. The summed E-state index contributed by atoms with van der Waals surface area (Å²) in [6.07, 6.45) is 0. The van der Waals surface area contributed by atoms with Crippen LogP contribution in [0.4, 0.5) is 10.1 Å². The van der Waals surface area contributed by atoms with Crippen LogP contribution in [0.5, 0.6) is 0 Å². The Hall–Kier alpha value is -3.73. The minimum absolute atomic E-state index is 0.0371. The van der Waals surface area contributed by atoms with Crippen molar-refractivity contribution in [2.75, 3.05) is 25.3 Å². The molecule has 0 saturated carbocycles. The van der Waals surface area contributed by atoms with Crippen molar-refractivity contribution in [3.63, 3.8) is 0 Å². The van der Waals surface area contributed by atoms with Crippen LogP contribution in [-0.2, 0) is 20.8 Å². The Morgan fingerprint density at radius 3 is 2.36 bits per heavy atom. The summed E-state index contributed by atoms with van der Waals surface area (Å²) < 4.78 is 24.5. The van der Waals surface area contributed by atoms with Crippen LogP contribution >= 0.6 is 11.8 Å². The van der Waals surface area contributed by atoms with E-state index in [1.54, 1.807) is 12.1 Å².